The summed E-state index contributed by atoms with van der Waals surface area (Å²) in [5.41, 5.74) is -0.0297. The SMILES string of the molecule is CO/N=C(/C(=O)N[C@H]1CN(C(=O)NS(=O)(=O)Nc2cc(C)on2)C1=O)c1cccs1. The molecular weight excluding hydrogens is 440 g/mol. The monoisotopic (exact) mass is 456 g/mol. The molecule has 3 heterocycles. The molecule has 2 aromatic rings. The third kappa shape index (κ3) is 4.74. The molecule has 1 saturated heterocycles. The maximum Gasteiger partial charge on any atom is 0.339 e. The number of aryl methyl sites for hydroxylation is 1. The van der Waals surface area contributed by atoms with E-state index in [1.54, 1.807) is 29.2 Å². The molecule has 4 amide bonds. The summed E-state index contributed by atoms with van der Waals surface area (Å²) >= 11 is 1.25. The number of thiophene rings is 1. The van der Waals surface area contributed by atoms with Crippen LogP contribution in [0.2, 0.25) is 0 Å². The van der Waals surface area contributed by atoms with Crippen LogP contribution in [0.25, 0.3) is 0 Å². The second-order valence-corrected chi connectivity index (χ2v) is 8.27. The van der Waals surface area contributed by atoms with Crippen molar-refractivity contribution in [2.45, 2.75) is 13.0 Å². The Balaban J connectivity index is 1.56. The maximum absolute atomic E-state index is 12.4. The highest BCUT2D eigenvalue weighted by atomic mass is 32.2. The van der Waals surface area contributed by atoms with Gasteiger partial charge in [-0.05, 0) is 18.4 Å². The minimum Gasteiger partial charge on any atom is -0.398 e. The first-order valence-corrected chi connectivity index (χ1v) is 10.6. The molecule has 15 heteroatoms. The summed E-state index contributed by atoms with van der Waals surface area (Å²) in [6, 6.07) is 2.48. The van der Waals surface area contributed by atoms with Crippen LogP contribution >= 0.6 is 11.3 Å². The zero-order valence-electron chi connectivity index (χ0n) is 15.6. The van der Waals surface area contributed by atoms with Crippen molar-refractivity contribution in [1.82, 2.24) is 20.1 Å². The largest absolute Gasteiger partial charge is 0.398 e. The zero-order valence-corrected chi connectivity index (χ0v) is 17.2. The summed E-state index contributed by atoms with van der Waals surface area (Å²) in [7, 11) is -3.07. The molecule has 0 radical (unpaired) electrons. The molecule has 0 spiro atoms. The van der Waals surface area contributed by atoms with Crippen LogP contribution in [0.5, 0.6) is 0 Å². The highest BCUT2D eigenvalue weighted by molar-refractivity contribution is 7.91. The lowest BCUT2D eigenvalue weighted by molar-refractivity contribution is -0.141. The van der Waals surface area contributed by atoms with E-state index >= 15 is 0 Å². The normalized spacial score (nSPS) is 16.6. The molecule has 0 aliphatic carbocycles. The predicted octanol–water partition coefficient (Wildman–Crippen LogP) is -0.211. The van der Waals surface area contributed by atoms with Crippen LogP contribution < -0.4 is 14.8 Å². The Hall–Kier alpha value is -3.46. The second kappa shape index (κ2) is 8.50. The molecule has 1 fully saturated rings. The Labute approximate surface area is 174 Å². The average molecular weight is 456 g/mol. The summed E-state index contributed by atoms with van der Waals surface area (Å²) in [5.74, 6) is -1.23. The number of likely N-dealkylation sites (tertiary alicyclic amines) is 1. The van der Waals surface area contributed by atoms with Crippen molar-refractivity contribution in [2.24, 2.45) is 5.16 Å². The van der Waals surface area contributed by atoms with Gasteiger partial charge < -0.3 is 14.7 Å². The molecule has 0 bridgehead atoms. The molecule has 3 rings (SSSR count). The van der Waals surface area contributed by atoms with Crippen LogP contribution in [0.15, 0.2) is 33.3 Å². The van der Waals surface area contributed by atoms with Crippen molar-refractivity contribution in [1.29, 1.82) is 0 Å². The molecular formula is C15H16N6O7S2. The predicted molar refractivity (Wildman–Crippen MR) is 104 cm³/mol. The van der Waals surface area contributed by atoms with Crippen molar-refractivity contribution in [3.63, 3.8) is 0 Å². The van der Waals surface area contributed by atoms with Crippen LogP contribution in [0.4, 0.5) is 10.6 Å². The lowest BCUT2D eigenvalue weighted by Gasteiger charge is -2.36. The number of imide groups is 1. The van der Waals surface area contributed by atoms with Gasteiger partial charge in [-0.3, -0.25) is 14.5 Å². The van der Waals surface area contributed by atoms with E-state index in [9.17, 15) is 22.8 Å². The Kier molecular flexibility index (Phi) is 6.02. The molecule has 0 saturated carbocycles. The number of nitrogens with one attached hydrogen (secondary N) is 3. The number of urea groups is 1. The average Bonchev–Trinajstić information content (AvgIpc) is 3.33. The Morgan fingerprint density at radius 1 is 1.43 bits per heavy atom. The van der Waals surface area contributed by atoms with Crippen molar-refractivity contribution in [2.75, 3.05) is 18.4 Å². The topological polar surface area (TPSA) is 172 Å². The summed E-state index contributed by atoms with van der Waals surface area (Å²) < 4.78 is 32.3. The van der Waals surface area contributed by atoms with Crippen molar-refractivity contribution in [3.8, 4) is 0 Å². The maximum atomic E-state index is 12.4. The molecule has 160 valence electrons. The van der Waals surface area contributed by atoms with Crippen LogP contribution in [-0.4, -0.2) is 61.7 Å². The second-order valence-electron chi connectivity index (χ2n) is 5.91. The van der Waals surface area contributed by atoms with Crippen molar-refractivity contribution >= 4 is 50.9 Å². The van der Waals surface area contributed by atoms with E-state index in [-0.39, 0.29) is 18.1 Å². The number of aromatic nitrogens is 1. The first-order valence-electron chi connectivity index (χ1n) is 8.25. The highest BCUT2D eigenvalue weighted by Crippen LogP contribution is 2.15. The molecule has 0 unspecified atom stereocenters. The third-order valence-electron chi connectivity index (χ3n) is 3.72. The van der Waals surface area contributed by atoms with Gasteiger partial charge >= 0.3 is 16.2 Å². The number of carbonyl (C=O) groups is 3. The van der Waals surface area contributed by atoms with Gasteiger partial charge in [-0.15, -0.1) is 11.3 Å². The molecule has 1 atom stereocenters. The van der Waals surface area contributed by atoms with Crippen LogP contribution in [0.1, 0.15) is 10.6 Å². The highest BCUT2D eigenvalue weighted by Gasteiger charge is 2.43. The smallest absolute Gasteiger partial charge is 0.339 e. The number of oxime groups is 1. The van der Waals surface area contributed by atoms with Gasteiger partial charge in [-0.1, -0.05) is 16.4 Å². The fourth-order valence-electron chi connectivity index (χ4n) is 2.39. The summed E-state index contributed by atoms with van der Waals surface area (Å²) in [5, 5.41) is 11.3. The quantitative estimate of drug-likeness (QED) is 0.292. The Bertz CT molecular complexity index is 1090. The Morgan fingerprint density at radius 2 is 2.20 bits per heavy atom. The van der Waals surface area contributed by atoms with Gasteiger partial charge in [-0.2, -0.15) is 8.42 Å². The fourth-order valence-corrected chi connectivity index (χ4v) is 3.86. The van der Waals surface area contributed by atoms with Gasteiger partial charge in [-0.25, -0.2) is 14.2 Å². The number of rotatable bonds is 7. The van der Waals surface area contributed by atoms with Crippen molar-refractivity contribution < 1.29 is 32.2 Å². The van der Waals surface area contributed by atoms with Gasteiger partial charge in [0.25, 0.3) is 11.8 Å². The van der Waals surface area contributed by atoms with E-state index in [0.29, 0.717) is 15.5 Å². The van der Waals surface area contributed by atoms with Crippen LogP contribution in [-0.2, 0) is 24.6 Å². The van der Waals surface area contributed by atoms with Crippen molar-refractivity contribution in [3.05, 3.63) is 34.2 Å². The summed E-state index contributed by atoms with van der Waals surface area (Å²) in [6.07, 6.45) is 0. The number of hydrogen-bond acceptors (Lipinski definition) is 10. The molecule has 30 heavy (non-hydrogen) atoms. The van der Waals surface area contributed by atoms with Gasteiger partial charge in [0.1, 0.15) is 18.9 Å². The molecule has 13 nitrogen and oxygen atoms in total. The minimum absolute atomic E-state index is 0.0297. The van der Waals surface area contributed by atoms with Gasteiger partial charge in [0.15, 0.2) is 11.5 Å². The van der Waals surface area contributed by atoms with Crippen LogP contribution in [0.3, 0.4) is 0 Å². The molecule has 3 N–H and O–H groups in total. The third-order valence-corrected chi connectivity index (χ3v) is 5.52. The van der Waals surface area contributed by atoms with E-state index in [4.69, 9.17) is 4.52 Å². The molecule has 1 aliphatic rings. The van der Waals surface area contributed by atoms with E-state index < -0.39 is 34.1 Å². The van der Waals surface area contributed by atoms with E-state index in [1.807, 2.05) is 4.72 Å². The number of anilines is 1. The first kappa shape index (κ1) is 21.3. The lowest BCUT2D eigenvalue weighted by Crippen LogP contribution is -2.68. The Morgan fingerprint density at radius 3 is 2.77 bits per heavy atom. The van der Waals surface area contributed by atoms with E-state index in [2.05, 4.69) is 20.5 Å². The van der Waals surface area contributed by atoms with E-state index in [0.717, 1.165) is 0 Å². The number of hydrogen-bond donors (Lipinski definition) is 3. The summed E-state index contributed by atoms with van der Waals surface area (Å²) in [6.45, 7) is 1.33. The number of amides is 4. The number of nitrogens with zero attached hydrogens (tertiary/aromatic N) is 3. The fraction of sp³-hybridized carbons (Fsp3) is 0.267. The summed E-state index contributed by atoms with van der Waals surface area (Å²) in [4.78, 5) is 42.5. The van der Waals surface area contributed by atoms with Gasteiger partial charge in [0, 0.05) is 6.07 Å². The standard InChI is InChI=1S/C15H16N6O7S2/c1-8-6-11(17-28-8)19-30(25,26)20-15(24)21-7-9(14(21)23)16-13(22)12(18-27-2)10-4-3-5-29-10/h3-6,9H,7H2,1-2H3,(H,16,22)(H,17,19)(H,20,24)/b18-12+/t9-/m0/s1. The number of β-lactam (4-membered cyclic amide) rings is 1. The first-order chi connectivity index (χ1) is 14.2. The van der Waals surface area contributed by atoms with E-state index in [1.165, 1.54) is 24.5 Å². The molecule has 2 aromatic heterocycles. The molecule has 0 aromatic carbocycles. The minimum atomic E-state index is -4.34. The lowest BCUT2D eigenvalue weighted by atomic mass is 10.1. The van der Waals surface area contributed by atoms with Crippen LogP contribution in [0, 0.1) is 6.92 Å². The van der Waals surface area contributed by atoms with Gasteiger partial charge in [0.05, 0.1) is 11.4 Å². The molecule has 1 aliphatic heterocycles. The van der Waals surface area contributed by atoms with Gasteiger partial charge in [0.2, 0.25) is 0 Å². The number of carbonyl (C=O) groups excluding carboxylic acids is 3. The zero-order chi connectivity index (χ0) is 21.9.